The van der Waals surface area contributed by atoms with E-state index in [4.69, 9.17) is 4.74 Å². The Labute approximate surface area is 135 Å². The van der Waals surface area contributed by atoms with Crippen molar-refractivity contribution < 1.29 is 17.9 Å². The summed E-state index contributed by atoms with van der Waals surface area (Å²) in [6.45, 7) is 2.17. The number of amides is 1. The van der Waals surface area contributed by atoms with Gasteiger partial charge in [0.05, 0.1) is 24.7 Å². The largest absolute Gasteiger partial charge is 0.372 e. The number of carbonyl (C=O) groups is 1. The molecule has 3 rings (SSSR count). The number of nitrogens with one attached hydrogen (secondary N) is 3. The van der Waals surface area contributed by atoms with Gasteiger partial charge in [0.15, 0.2) is 0 Å². The first-order valence-corrected chi connectivity index (χ1v) is 9.22. The third-order valence-corrected chi connectivity index (χ3v) is 5.53. The van der Waals surface area contributed by atoms with Crippen LogP contribution in [-0.2, 0) is 32.8 Å². The number of rotatable bonds is 6. The monoisotopic (exact) mass is 339 g/mol. The summed E-state index contributed by atoms with van der Waals surface area (Å²) in [4.78, 5) is 11.9. The van der Waals surface area contributed by atoms with Crippen molar-refractivity contribution in [2.24, 2.45) is 0 Å². The molecule has 0 radical (unpaired) electrons. The maximum atomic E-state index is 12.3. The molecule has 7 nitrogen and oxygen atoms in total. The van der Waals surface area contributed by atoms with E-state index in [2.05, 4.69) is 15.4 Å². The smallest absolute Gasteiger partial charge is 0.241 e. The molecule has 0 aromatic heterocycles. The fourth-order valence-electron chi connectivity index (χ4n) is 2.79. The average molecular weight is 339 g/mol. The molecule has 2 heterocycles. The molecular weight excluding hydrogens is 318 g/mol. The minimum atomic E-state index is -3.70. The van der Waals surface area contributed by atoms with Crippen LogP contribution in [-0.4, -0.2) is 40.0 Å². The third kappa shape index (κ3) is 4.08. The summed E-state index contributed by atoms with van der Waals surface area (Å²) in [6, 6.07) is 5.18. The summed E-state index contributed by atoms with van der Waals surface area (Å²) in [5.41, 5.74) is 1.88. The third-order valence-electron chi connectivity index (χ3n) is 4.13. The minimum Gasteiger partial charge on any atom is -0.372 e. The summed E-state index contributed by atoms with van der Waals surface area (Å²) in [5, 5.41) is 6.01. The Bertz CT molecular complexity index is 684. The topological polar surface area (TPSA) is 96.5 Å². The minimum absolute atomic E-state index is 0.159. The molecule has 2 aliphatic heterocycles. The zero-order chi connectivity index (χ0) is 16.3. The van der Waals surface area contributed by atoms with E-state index in [0.29, 0.717) is 19.8 Å². The van der Waals surface area contributed by atoms with Crippen LogP contribution in [0.1, 0.15) is 24.0 Å². The molecule has 0 spiro atoms. The Morgan fingerprint density at radius 3 is 2.91 bits per heavy atom. The number of fused-ring (bicyclic) bond motifs is 1. The Morgan fingerprint density at radius 1 is 1.30 bits per heavy atom. The molecule has 1 atom stereocenters. The molecule has 3 N–H and O–H groups in total. The fourth-order valence-corrected chi connectivity index (χ4v) is 3.82. The van der Waals surface area contributed by atoms with E-state index in [1.165, 1.54) is 6.07 Å². The fraction of sp³-hybridized carbons (Fsp3) is 0.533. The first kappa shape index (κ1) is 16.4. The summed E-state index contributed by atoms with van der Waals surface area (Å²) in [5.74, 6) is -0.327. The maximum absolute atomic E-state index is 12.3. The van der Waals surface area contributed by atoms with Crippen molar-refractivity contribution in [1.29, 1.82) is 0 Å². The molecule has 1 saturated heterocycles. The van der Waals surface area contributed by atoms with Gasteiger partial charge >= 0.3 is 0 Å². The van der Waals surface area contributed by atoms with Gasteiger partial charge in [0.25, 0.3) is 0 Å². The molecule has 1 aromatic carbocycles. The van der Waals surface area contributed by atoms with Crippen LogP contribution in [0.3, 0.4) is 0 Å². The predicted molar refractivity (Wildman–Crippen MR) is 84.2 cm³/mol. The molecule has 1 fully saturated rings. The zero-order valence-electron chi connectivity index (χ0n) is 12.8. The average Bonchev–Trinajstić information content (AvgIpc) is 3.21. The first-order chi connectivity index (χ1) is 11.0. The van der Waals surface area contributed by atoms with E-state index < -0.39 is 10.0 Å². The predicted octanol–water partition coefficient (Wildman–Crippen LogP) is -0.137. The lowest BCUT2D eigenvalue weighted by Gasteiger charge is -2.12. The number of benzene rings is 1. The van der Waals surface area contributed by atoms with E-state index in [1.54, 1.807) is 12.1 Å². The SMILES string of the molecule is O=C(CNS(=O)(=O)c1ccc2c(c1)COC2)NCC1CCCN1. The Morgan fingerprint density at radius 2 is 2.13 bits per heavy atom. The second kappa shape index (κ2) is 6.96. The highest BCUT2D eigenvalue weighted by Gasteiger charge is 2.20. The van der Waals surface area contributed by atoms with Crippen LogP contribution in [0.15, 0.2) is 23.1 Å². The van der Waals surface area contributed by atoms with Crippen LogP contribution in [0.2, 0.25) is 0 Å². The van der Waals surface area contributed by atoms with Gasteiger partial charge in [-0.1, -0.05) is 6.07 Å². The Balaban J connectivity index is 1.52. The highest BCUT2D eigenvalue weighted by atomic mass is 32.2. The van der Waals surface area contributed by atoms with Crippen LogP contribution in [0, 0.1) is 0 Å². The van der Waals surface area contributed by atoms with Crippen molar-refractivity contribution in [3.63, 3.8) is 0 Å². The normalized spacial score (nSPS) is 20.4. The second-order valence-electron chi connectivity index (χ2n) is 5.85. The van der Waals surface area contributed by atoms with Crippen LogP contribution in [0.25, 0.3) is 0 Å². The van der Waals surface area contributed by atoms with Crippen LogP contribution in [0.5, 0.6) is 0 Å². The van der Waals surface area contributed by atoms with E-state index in [-0.39, 0.29) is 23.4 Å². The van der Waals surface area contributed by atoms with Crippen molar-refractivity contribution in [2.75, 3.05) is 19.6 Å². The van der Waals surface area contributed by atoms with Gasteiger partial charge < -0.3 is 15.4 Å². The van der Waals surface area contributed by atoms with Gasteiger partial charge in [0, 0.05) is 12.6 Å². The molecule has 1 amide bonds. The highest BCUT2D eigenvalue weighted by Crippen LogP contribution is 2.22. The number of carbonyl (C=O) groups excluding carboxylic acids is 1. The van der Waals surface area contributed by atoms with E-state index in [1.807, 2.05) is 0 Å². The van der Waals surface area contributed by atoms with E-state index in [9.17, 15) is 13.2 Å². The van der Waals surface area contributed by atoms with Crippen molar-refractivity contribution in [2.45, 2.75) is 37.0 Å². The van der Waals surface area contributed by atoms with Crippen molar-refractivity contribution in [1.82, 2.24) is 15.4 Å². The standard InChI is InChI=1S/C15H21N3O4S/c19-15(17-7-13-2-1-5-16-13)8-18-23(20,21)14-4-3-11-9-22-10-12(11)6-14/h3-4,6,13,16,18H,1-2,5,7-10H2,(H,17,19). The zero-order valence-corrected chi connectivity index (χ0v) is 13.6. The van der Waals surface area contributed by atoms with Crippen molar-refractivity contribution in [3.8, 4) is 0 Å². The van der Waals surface area contributed by atoms with Crippen LogP contribution in [0.4, 0.5) is 0 Å². The van der Waals surface area contributed by atoms with Crippen molar-refractivity contribution >= 4 is 15.9 Å². The molecule has 8 heteroatoms. The van der Waals surface area contributed by atoms with E-state index in [0.717, 1.165) is 30.5 Å². The summed E-state index contributed by atoms with van der Waals surface area (Å²) in [7, 11) is -3.70. The lowest BCUT2D eigenvalue weighted by molar-refractivity contribution is -0.120. The number of ether oxygens (including phenoxy) is 1. The van der Waals surface area contributed by atoms with Gasteiger partial charge in [-0.2, -0.15) is 0 Å². The molecule has 1 aromatic rings. The van der Waals surface area contributed by atoms with Gasteiger partial charge in [-0.3, -0.25) is 4.79 Å². The summed E-state index contributed by atoms with van der Waals surface area (Å²) < 4.78 is 32.1. The number of hydrogen-bond acceptors (Lipinski definition) is 5. The quantitative estimate of drug-likeness (QED) is 0.671. The molecule has 1 unspecified atom stereocenters. The maximum Gasteiger partial charge on any atom is 0.241 e. The van der Waals surface area contributed by atoms with Crippen LogP contribution < -0.4 is 15.4 Å². The van der Waals surface area contributed by atoms with Gasteiger partial charge in [-0.15, -0.1) is 0 Å². The Kier molecular flexibility index (Phi) is 4.96. The number of hydrogen-bond donors (Lipinski definition) is 3. The molecule has 0 aliphatic carbocycles. The summed E-state index contributed by atoms with van der Waals surface area (Å²) >= 11 is 0. The lowest BCUT2D eigenvalue weighted by atomic mass is 10.1. The Hall–Kier alpha value is -1.48. The van der Waals surface area contributed by atoms with E-state index >= 15 is 0 Å². The molecule has 0 saturated carbocycles. The molecule has 2 aliphatic rings. The lowest BCUT2D eigenvalue weighted by Crippen LogP contribution is -2.42. The highest BCUT2D eigenvalue weighted by molar-refractivity contribution is 7.89. The molecule has 23 heavy (non-hydrogen) atoms. The first-order valence-electron chi connectivity index (χ1n) is 7.74. The van der Waals surface area contributed by atoms with Gasteiger partial charge in [0.1, 0.15) is 0 Å². The summed E-state index contributed by atoms with van der Waals surface area (Å²) in [6.07, 6.45) is 2.14. The molecule has 126 valence electrons. The van der Waals surface area contributed by atoms with Gasteiger partial charge in [-0.05, 0) is 42.6 Å². The van der Waals surface area contributed by atoms with Crippen LogP contribution >= 0.6 is 0 Å². The molecule has 0 bridgehead atoms. The number of sulfonamides is 1. The van der Waals surface area contributed by atoms with Gasteiger partial charge in [-0.25, -0.2) is 13.1 Å². The second-order valence-corrected chi connectivity index (χ2v) is 7.61. The molecular formula is C15H21N3O4S. The van der Waals surface area contributed by atoms with Crippen molar-refractivity contribution in [3.05, 3.63) is 29.3 Å². The van der Waals surface area contributed by atoms with Gasteiger partial charge in [0.2, 0.25) is 15.9 Å².